The number of aryl methyl sites for hydroxylation is 1. The van der Waals surface area contributed by atoms with Crippen LogP contribution in [0, 0.1) is 6.92 Å². The number of hydrogen-bond donors (Lipinski definition) is 1. The maximum Gasteiger partial charge on any atom is 0.335 e. The second kappa shape index (κ2) is 6.98. The van der Waals surface area contributed by atoms with Gasteiger partial charge in [0, 0.05) is 12.1 Å². The van der Waals surface area contributed by atoms with Gasteiger partial charge in [0.2, 0.25) is 0 Å². The fraction of sp³-hybridized carbons (Fsp3) is 0.429. The van der Waals surface area contributed by atoms with Crippen LogP contribution in [0.3, 0.4) is 0 Å². The number of rotatable bonds is 6. The Morgan fingerprint density at radius 3 is 2.35 bits per heavy atom. The van der Waals surface area contributed by atoms with Crippen molar-refractivity contribution in [3.8, 4) is 0 Å². The van der Waals surface area contributed by atoms with Crippen molar-refractivity contribution in [1.29, 1.82) is 0 Å². The van der Waals surface area contributed by atoms with Crippen LogP contribution in [0.25, 0.3) is 0 Å². The molecule has 1 amide bonds. The van der Waals surface area contributed by atoms with Crippen molar-refractivity contribution in [3.63, 3.8) is 0 Å². The van der Waals surface area contributed by atoms with E-state index in [2.05, 4.69) is 0 Å². The number of hydrogen-bond acceptors (Lipinski definition) is 2. The summed E-state index contributed by atoms with van der Waals surface area (Å²) in [5, 5.41) is 8.96. The van der Waals surface area contributed by atoms with Gasteiger partial charge in [0.1, 0.15) is 0 Å². The van der Waals surface area contributed by atoms with Crippen molar-refractivity contribution in [2.75, 3.05) is 13.1 Å². The average Bonchev–Trinajstić information content (AvgIpc) is 2.36. The maximum absolute atomic E-state index is 12.5. The first kappa shape index (κ1) is 16.1. The van der Waals surface area contributed by atoms with Crippen molar-refractivity contribution in [1.82, 2.24) is 4.90 Å². The molecule has 0 saturated carbocycles. The summed E-state index contributed by atoms with van der Waals surface area (Å²) >= 11 is 0. The zero-order valence-electron chi connectivity index (χ0n) is 11.4. The minimum atomic E-state index is -2.62. The lowest BCUT2D eigenvalue weighted by molar-refractivity contribution is 0.0555. The molecular formula is C14H17F2NO3. The SMILES string of the molecule is CCCN(CC(F)F)C(=O)c1cc(C)cc(C(=O)O)c1. The van der Waals surface area contributed by atoms with Crippen LogP contribution in [0.4, 0.5) is 8.78 Å². The smallest absolute Gasteiger partial charge is 0.335 e. The largest absolute Gasteiger partial charge is 0.478 e. The fourth-order valence-electron chi connectivity index (χ4n) is 1.92. The van der Waals surface area contributed by atoms with Crippen LogP contribution in [-0.2, 0) is 0 Å². The van der Waals surface area contributed by atoms with E-state index in [1.165, 1.54) is 18.2 Å². The van der Waals surface area contributed by atoms with Crippen molar-refractivity contribution in [2.24, 2.45) is 0 Å². The molecule has 1 N–H and O–H groups in total. The molecule has 0 radical (unpaired) electrons. The quantitative estimate of drug-likeness (QED) is 0.874. The lowest BCUT2D eigenvalue weighted by Gasteiger charge is -2.22. The number of halogens is 2. The van der Waals surface area contributed by atoms with Gasteiger partial charge < -0.3 is 10.0 Å². The number of nitrogens with zero attached hydrogens (tertiary/aromatic N) is 1. The summed E-state index contributed by atoms with van der Waals surface area (Å²) in [6.45, 7) is 2.99. The zero-order chi connectivity index (χ0) is 15.3. The Balaban J connectivity index is 3.07. The monoisotopic (exact) mass is 285 g/mol. The molecule has 4 nitrogen and oxygen atoms in total. The molecule has 6 heteroatoms. The number of aromatic carboxylic acids is 1. The van der Waals surface area contributed by atoms with E-state index in [0.717, 1.165) is 4.90 Å². The van der Waals surface area contributed by atoms with Crippen LogP contribution >= 0.6 is 0 Å². The Kier molecular flexibility index (Phi) is 5.61. The Bertz CT molecular complexity index is 503. The summed E-state index contributed by atoms with van der Waals surface area (Å²) < 4.78 is 25.0. The molecule has 0 aliphatic carbocycles. The molecule has 1 aromatic rings. The molecule has 0 aliphatic heterocycles. The molecule has 0 aliphatic rings. The van der Waals surface area contributed by atoms with Crippen LogP contribution in [0.5, 0.6) is 0 Å². The highest BCUT2D eigenvalue weighted by Crippen LogP contribution is 2.14. The zero-order valence-corrected chi connectivity index (χ0v) is 11.4. The average molecular weight is 285 g/mol. The first-order valence-corrected chi connectivity index (χ1v) is 6.27. The van der Waals surface area contributed by atoms with Crippen molar-refractivity contribution < 1.29 is 23.5 Å². The van der Waals surface area contributed by atoms with Crippen LogP contribution < -0.4 is 0 Å². The Morgan fingerprint density at radius 1 is 1.25 bits per heavy atom. The maximum atomic E-state index is 12.5. The van der Waals surface area contributed by atoms with E-state index in [1.807, 2.05) is 0 Å². The van der Waals surface area contributed by atoms with Crippen LogP contribution in [0.1, 0.15) is 39.6 Å². The second-order valence-electron chi connectivity index (χ2n) is 4.54. The topological polar surface area (TPSA) is 57.6 Å². The lowest BCUT2D eigenvalue weighted by atomic mass is 10.1. The number of amides is 1. The van der Waals surface area contributed by atoms with E-state index in [0.29, 0.717) is 12.0 Å². The molecule has 0 unspecified atom stereocenters. The van der Waals surface area contributed by atoms with Crippen molar-refractivity contribution >= 4 is 11.9 Å². The molecule has 20 heavy (non-hydrogen) atoms. The van der Waals surface area contributed by atoms with E-state index in [-0.39, 0.29) is 17.7 Å². The minimum absolute atomic E-state index is 0.0261. The summed E-state index contributed by atoms with van der Waals surface area (Å²) in [5.41, 5.74) is 0.695. The van der Waals surface area contributed by atoms with Crippen LogP contribution in [-0.4, -0.2) is 41.4 Å². The third kappa shape index (κ3) is 4.29. The van der Waals surface area contributed by atoms with Gasteiger partial charge in [0.15, 0.2) is 0 Å². The lowest BCUT2D eigenvalue weighted by Crippen LogP contribution is -2.35. The molecule has 1 rings (SSSR count). The van der Waals surface area contributed by atoms with Gasteiger partial charge in [0.05, 0.1) is 12.1 Å². The predicted octanol–water partition coefficient (Wildman–Crippen LogP) is 2.81. The van der Waals surface area contributed by atoms with Crippen molar-refractivity contribution in [3.05, 3.63) is 34.9 Å². The van der Waals surface area contributed by atoms with Gasteiger partial charge in [-0.1, -0.05) is 6.92 Å². The third-order valence-corrected chi connectivity index (χ3v) is 2.71. The minimum Gasteiger partial charge on any atom is -0.478 e. The molecule has 110 valence electrons. The Morgan fingerprint density at radius 2 is 1.85 bits per heavy atom. The molecule has 1 aromatic carbocycles. The van der Waals surface area contributed by atoms with Gasteiger partial charge in [-0.2, -0.15) is 0 Å². The first-order chi connectivity index (χ1) is 9.35. The highest BCUT2D eigenvalue weighted by atomic mass is 19.3. The molecule has 0 atom stereocenters. The Hall–Kier alpha value is -1.98. The van der Waals surface area contributed by atoms with E-state index in [4.69, 9.17) is 5.11 Å². The molecule has 0 heterocycles. The number of alkyl halides is 2. The summed E-state index contributed by atoms with van der Waals surface area (Å²) in [6, 6.07) is 4.14. The van der Waals surface area contributed by atoms with E-state index < -0.39 is 24.8 Å². The van der Waals surface area contributed by atoms with Gasteiger partial charge in [-0.3, -0.25) is 4.79 Å². The summed E-state index contributed by atoms with van der Waals surface area (Å²) in [4.78, 5) is 24.2. The summed E-state index contributed by atoms with van der Waals surface area (Å²) in [6.07, 6.45) is -2.06. The van der Waals surface area contributed by atoms with E-state index in [1.54, 1.807) is 13.8 Å². The number of carbonyl (C=O) groups excluding carboxylic acids is 1. The van der Waals surface area contributed by atoms with E-state index >= 15 is 0 Å². The third-order valence-electron chi connectivity index (χ3n) is 2.71. The van der Waals surface area contributed by atoms with E-state index in [9.17, 15) is 18.4 Å². The molecule has 0 bridgehead atoms. The van der Waals surface area contributed by atoms with Gasteiger partial charge in [-0.25, -0.2) is 13.6 Å². The molecule has 0 fully saturated rings. The molecular weight excluding hydrogens is 268 g/mol. The number of carboxylic acids is 1. The molecule has 0 aromatic heterocycles. The Labute approximate surface area is 116 Å². The first-order valence-electron chi connectivity index (χ1n) is 6.27. The molecule has 0 spiro atoms. The normalized spacial score (nSPS) is 10.7. The highest BCUT2D eigenvalue weighted by molar-refractivity contribution is 5.97. The predicted molar refractivity (Wildman–Crippen MR) is 70.3 cm³/mol. The summed E-state index contributed by atoms with van der Waals surface area (Å²) in [7, 11) is 0. The number of benzene rings is 1. The standard InChI is InChI=1S/C14H17F2NO3/c1-3-4-17(8-12(15)16)13(18)10-5-9(2)6-11(7-10)14(19)20/h5-7,12H,3-4,8H2,1-2H3,(H,19,20). The number of carbonyl (C=O) groups is 2. The van der Waals surface area contributed by atoms with Crippen LogP contribution in [0.2, 0.25) is 0 Å². The van der Waals surface area contributed by atoms with Gasteiger partial charge in [-0.05, 0) is 37.1 Å². The summed E-state index contributed by atoms with van der Waals surface area (Å²) in [5.74, 6) is -1.72. The van der Waals surface area contributed by atoms with Gasteiger partial charge in [0.25, 0.3) is 12.3 Å². The van der Waals surface area contributed by atoms with Gasteiger partial charge in [-0.15, -0.1) is 0 Å². The molecule has 0 saturated heterocycles. The second-order valence-corrected chi connectivity index (χ2v) is 4.54. The number of carboxylic acid groups (broad SMARTS) is 1. The van der Waals surface area contributed by atoms with Crippen molar-refractivity contribution in [2.45, 2.75) is 26.7 Å². The highest BCUT2D eigenvalue weighted by Gasteiger charge is 2.20. The fourth-order valence-corrected chi connectivity index (χ4v) is 1.92. The van der Waals surface area contributed by atoms with Gasteiger partial charge >= 0.3 is 5.97 Å². The van der Waals surface area contributed by atoms with Crippen LogP contribution in [0.15, 0.2) is 18.2 Å².